The summed E-state index contributed by atoms with van der Waals surface area (Å²) in [5.41, 5.74) is 10.5. The molecule has 0 spiro atoms. The molecule has 4 heterocycles. The lowest BCUT2D eigenvalue weighted by atomic mass is 10.1. The van der Waals surface area contributed by atoms with Crippen molar-refractivity contribution in [2.75, 3.05) is 12.3 Å². The van der Waals surface area contributed by atoms with Crippen LogP contribution in [0.3, 0.4) is 0 Å². The van der Waals surface area contributed by atoms with Gasteiger partial charge in [0.25, 0.3) is 0 Å². The summed E-state index contributed by atoms with van der Waals surface area (Å²) in [4.78, 5) is 15.4. The molecule has 0 saturated carbocycles. The van der Waals surface area contributed by atoms with Crippen LogP contribution in [0, 0.1) is 0 Å². The van der Waals surface area contributed by atoms with E-state index >= 15 is 0 Å². The molecular formula is C26H19Cl2N7O. The maximum atomic E-state index is 6.46. The van der Waals surface area contributed by atoms with Gasteiger partial charge in [-0.25, -0.2) is 14.6 Å². The van der Waals surface area contributed by atoms with E-state index in [0.717, 1.165) is 61.2 Å². The van der Waals surface area contributed by atoms with Crippen molar-refractivity contribution in [3.05, 3.63) is 65.0 Å². The zero-order chi connectivity index (χ0) is 24.4. The third kappa shape index (κ3) is 3.26. The first-order chi connectivity index (χ1) is 17.6. The largest absolute Gasteiger partial charge is 0.489 e. The number of anilines is 1. The Morgan fingerprint density at radius 3 is 2.17 bits per heavy atom. The van der Waals surface area contributed by atoms with E-state index in [-0.39, 0.29) is 0 Å². The van der Waals surface area contributed by atoms with Crippen molar-refractivity contribution >= 4 is 83.7 Å². The molecule has 0 aliphatic carbocycles. The second kappa shape index (κ2) is 8.01. The third-order valence-corrected chi connectivity index (χ3v) is 7.04. The van der Waals surface area contributed by atoms with Crippen LogP contribution in [0.15, 0.2) is 55.0 Å². The van der Waals surface area contributed by atoms with Crippen LogP contribution in [0.25, 0.3) is 54.6 Å². The van der Waals surface area contributed by atoms with Crippen molar-refractivity contribution in [3.8, 4) is 5.75 Å². The zero-order valence-electron chi connectivity index (χ0n) is 18.8. The Balaban J connectivity index is 1.30. The summed E-state index contributed by atoms with van der Waals surface area (Å²) in [6, 6.07) is 13.9. The van der Waals surface area contributed by atoms with Gasteiger partial charge in [-0.1, -0.05) is 23.2 Å². The van der Waals surface area contributed by atoms with Gasteiger partial charge >= 0.3 is 0 Å². The molecule has 10 heteroatoms. The molecule has 36 heavy (non-hydrogen) atoms. The zero-order valence-corrected chi connectivity index (χ0v) is 20.4. The average molecular weight is 516 g/mol. The molecule has 0 unspecified atom stereocenters. The number of fused-ring (bicyclic) bond motifs is 7. The molecule has 0 radical (unpaired) electrons. The molecular weight excluding hydrogens is 497 g/mol. The van der Waals surface area contributed by atoms with E-state index in [9.17, 15) is 0 Å². The lowest BCUT2D eigenvalue weighted by Gasteiger charge is -2.10. The molecule has 0 aliphatic heterocycles. The van der Waals surface area contributed by atoms with Crippen LogP contribution >= 0.6 is 23.2 Å². The van der Waals surface area contributed by atoms with Gasteiger partial charge in [0.15, 0.2) is 11.4 Å². The number of nitrogen functional groups attached to an aromatic ring is 1. The van der Waals surface area contributed by atoms with Crippen molar-refractivity contribution < 1.29 is 4.74 Å². The Morgan fingerprint density at radius 2 is 1.50 bits per heavy atom. The van der Waals surface area contributed by atoms with E-state index in [2.05, 4.69) is 31.1 Å². The number of hydrogen-bond donors (Lipinski definition) is 3. The molecule has 4 N–H and O–H groups in total. The highest BCUT2D eigenvalue weighted by atomic mass is 35.5. The maximum absolute atomic E-state index is 6.46. The molecule has 4 aromatic heterocycles. The third-order valence-electron chi connectivity index (χ3n) is 6.57. The highest BCUT2D eigenvalue weighted by Crippen LogP contribution is 2.41. The van der Waals surface area contributed by atoms with Crippen LogP contribution in [0.1, 0.15) is 6.42 Å². The molecule has 0 fully saturated rings. The number of nitrogens with zero attached hydrogens (tertiary/aromatic N) is 4. The molecule has 7 rings (SSSR count). The summed E-state index contributed by atoms with van der Waals surface area (Å²) in [6.45, 7) is 1.10. The van der Waals surface area contributed by atoms with E-state index in [1.807, 2.05) is 41.1 Å². The Labute approximate surface area is 214 Å². The second-order valence-electron chi connectivity index (χ2n) is 8.75. The summed E-state index contributed by atoms with van der Waals surface area (Å²) < 4.78 is 8.28. The number of rotatable bonds is 5. The minimum Gasteiger partial charge on any atom is -0.489 e. The first-order valence-electron chi connectivity index (χ1n) is 11.5. The minimum atomic E-state index is 0.425. The predicted octanol–water partition coefficient (Wildman–Crippen LogP) is 6.45. The molecule has 0 saturated heterocycles. The molecule has 0 bridgehead atoms. The highest BCUT2D eigenvalue weighted by molar-refractivity contribution is 6.33. The van der Waals surface area contributed by atoms with Crippen LogP contribution < -0.4 is 10.5 Å². The Morgan fingerprint density at radius 1 is 0.833 bits per heavy atom. The molecule has 178 valence electrons. The van der Waals surface area contributed by atoms with Crippen LogP contribution in [-0.4, -0.2) is 36.3 Å². The SMILES string of the molecule is Nc1ncnc2c1cnn2CCCOc1c2[nH]c3ccc(Cl)cc3c2cc2c1[nH]c1ccc(Cl)cc12. The van der Waals surface area contributed by atoms with E-state index in [4.69, 9.17) is 33.7 Å². The van der Waals surface area contributed by atoms with E-state index in [1.165, 1.54) is 6.33 Å². The van der Waals surface area contributed by atoms with Crippen LogP contribution in [0.5, 0.6) is 5.75 Å². The number of ether oxygens (including phenoxy) is 1. The van der Waals surface area contributed by atoms with E-state index in [1.54, 1.807) is 6.20 Å². The first kappa shape index (κ1) is 21.3. The topological polar surface area (TPSA) is 110 Å². The van der Waals surface area contributed by atoms with Crippen molar-refractivity contribution in [3.63, 3.8) is 0 Å². The minimum absolute atomic E-state index is 0.425. The Bertz CT molecular complexity index is 1860. The number of aromatic amines is 2. The number of hydrogen-bond acceptors (Lipinski definition) is 5. The van der Waals surface area contributed by atoms with Gasteiger partial charge < -0.3 is 20.4 Å². The lowest BCUT2D eigenvalue weighted by Crippen LogP contribution is -2.07. The van der Waals surface area contributed by atoms with Gasteiger partial charge in [0.2, 0.25) is 0 Å². The number of benzene rings is 3. The molecule has 0 aliphatic rings. The second-order valence-corrected chi connectivity index (χ2v) is 9.62. The van der Waals surface area contributed by atoms with Gasteiger partial charge in [-0.15, -0.1) is 0 Å². The molecule has 7 aromatic rings. The summed E-state index contributed by atoms with van der Waals surface area (Å²) >= 11 is 12.7. The Hall–Kier alpha value is -4.01. The fourth-order valence-electron chi connectivity index (χ4n) is 4.90. The average Bonchev–Trinajstić information content (AvgIpc) is 3.55. The van der Waals surface area contributed by atoms with Gasteiger partial charge in [0.05, 0.1) is 29.2 Å². The number of aromatic nitrogens is 6. The van der Waals surface area contributed by atoms with E-state index in [0.29, 0.717) is 34.7 Å². The fourth-order valence-corrected chi connectivity index (χ4v) is 5.25. The van der Waals surface area contributed by atoms with Gasteiger partial charge in [0.1, 0.15) is 12.1 Å². The van der Waals surface area contributed by atoms with Gasteiger partial charge in [-0.2, -0.15) is 5.10 Å². The standard InChI is InChI=1S/C26H19Cl2N7O/c27-13-2-4-20-15(8-13)17-10-18-16-9-14(28)3-5-21(16)34-23(18)24(22(17)33-20)36-7-1-6-35-26-19(11-32-35)25(29)30-12-31-26/h2-5,8-12,33-34H,1,6-7H2,(H2,29,30,31). The molecule has 3 aromatic carbocycles. The first-order valence-corrected chi connectivity index (χ1v) is 12.2. The van der Waals surface area contributed by atoms with Crippen molar-refractivity contribution in [1.82, 2.24) is 29.7 Å². The van der Waals surface area contributed by atoms with Gasteiger partial charge in [-0.3, -0.25) is 0 Å². The number of nitrogens with one attached hydrogen (secondary N) is 2. The summed E-state index contributed by atoms with van der Waals surface area (Å²) in [6.07, 6.45) is 3.87. The van der Waals surface area contributed by atoms with Crippen LogP contribution in [0.4, 0.5) is 5.82 Å². The van der Waals surface area contributed by atoms with Crippen molar-refractivity contribution in [2.24, 2.45) is 0 Å². The van der Waals surface area contributed by atoms with Gasteiger partial charge in [0, 0.05) is 55.6 Å². The number of H-pyrrole nitrogens is 2. The number of nitrogens with two attached hydrogens (primary N) is 1. The fraction of sp³-hybridized carbons (Fsp3) is 0.115. The van der Waals surface area contributed by atoms with Crippen LogP contribution in [-0.2, 0) is 6.54 Å². The monoisotopic (exact) mass is 515 g/mol. The highest BCUT2D eigenvalue weighted by Gasteiger charge is 2.18. The quantitative estimate of drug-likeness (QED) is 0.228. The molecule has 0 amide bonds. The van der Waals surface area contributed by atoms with Crippen LogP contribution in [0.2, 0.25) is 10.0 Å². The predicted molar refractivity (Wildman–Crippen MR) is 145 cm³/mol. The Kier molecular flexibility index (Phi) is 4.74. The normalized spacial score (nSPS) is 12.1. The molecule has 0 atom stereocenters. The lowest BCUT2D eigenvalue weighted by molar-refractivity contribution is 0.305. The molecule has 8 nitrogen and oxygen atoms in total. The van der Waals surface area contributed by atoms with E-state index < -0.39 is 0 Å². The summed E-state index contributed by atoms with van der Waals surface area (Å²) in [7, 11) is 0. The van der Waals surface area contributed by atoms with Crippen molar-refractivity contribution in [2.45, 2.75) is 13.0 Å². The maximum Gasteiger partial charge on any atom is 0.167 e. The van der Waals surface area contributed by atoms with Gasteiger partial charge in [-0.05, 0) is 42.5 Å². The number of aryl methyl sites for hydroxylation is 1. The smallest absolute Gasteiger partial charge is 0.167 e. The summed E-state index contributed by atoms with van der Waals surface area (Å²) in [5.74, 6) is 1.19. The summed E-state index contributed by atoms with van der Waals surface area (Å²) in [5, 5.41) is 10.7. The van der Waals surface area contributed by atoms with Crippen molar-refractivity contribution in [1.29, 1.82) is 0 Å². The number of halogens is 2.